The highest BCUT2D eigenvalue weighted by Gasteiger charge is 2.28. The number of ether oxygens (including phenoxy) is 1. The standard InChI is InChI=1S/C23H31NO6/c1-6-8-9-16-12-19(25)30-21-14(4)18(11-10-17(16)21)29-15(5)22(26)24-20(23(27)28)13(3)7-2/h10-13,15,20H,6-9H2,1-5H3,(H,24,26)(H,27,28)/t13-,15+,20+/m0/s1. The maximum Gasteiger partial charge on any atom is 0.336 e. The lowest BCUT2D eigenvalue weighted by atomic mass is 9.99. The van der Waals surface area contributed by atoms with E-state index in [-0.39, 0.29) is 5.92 Å². The molecular weight excluding hydrogens is 386 g/mol. The van der Waals surface area contributed by atoms with E-state index >= 15 is 0 Å². The maximum atomic E-state index is 12.5. The molecule has 0 saturated heterocycles. The molecule has 7 nitrogen and oxygen atoms in total. The highest BCUT2D eigenvalue weighted by Crippen LogP contribution is 2.29. The van der Waals surface area contributed by atoms with Crippen LogP contribution in [0.25, 0.3) is 11.0 Å². The molecule has 0 spiro atoms. The van der Waals surface area contributed by atoms with E-state index in [1.54, 1.807) is 26.8 Å². The van der Waals surface area contributed by atoms with Crippen LogP contribution in [-0.4, -0.2) is 29.1 Å². The number of amides is 1. The van der Waals surface area contributed by atoms with Crippen molar-refractivity contribution in [2.24, 2.45) is 5.92 Å². The maximum absolute atomic E-state index is 12.5. The number of hydrogen-bond donors (Lipinski definition) is 2. The monoisotopic (exact) mass is 417 g/mol. The third kappa shape index (κ3) is 5.40. The number of nitrogens with one attached hydrogen (secondary N) is 1. The second-order valence-corrected chi connectivity index (χ2v) is 7.73. The Bertz CT molecular complexity index is 964. The Labute approximate surface area is 176 Å². The summed E-state index contributed by atoms with van der Waals surface area (Å²) in [6, 6.07) is 4.12. The minimum atomic E-state index is -1.08. The van der Waals surface area contributed by atoms with E-state index in [0.717, 1.165) is 30.2 Å². The lowest BCUT2D eigenvalue weighted by Crippen LogP contribution is -2.49. The van der Waals surface area contributed by atoms with E-state index in [2.05, 4.69) is 12.2 Å². The summed E-state index contributed by atoms with van der Waals surface area (Å²) in [5.74, 6) is -1.39. The number of carbonyl (C=O) groups excluding carboxylic acids is 1. The molecule has 0 fully saturated rings. The predicted molar refractivity (Wildman–Crippen MR) is 115 cm³/mol. The van der Waals surface area contributed by atoms with Crippen LogP contribution in [0.15, 0.2) is 27.4 Å². The highest BCUT2D eigenvalue weighted by molar-refractivity contribution is 5.87. The molecule has 3 atom stereocenters. The zero-order chi connectivity index (χ0) is 22.4. The molecule has 30 heavy (non-hydrogen) atoms. The summed E-state index contributed by atoms with van der Waals surface area (Å²) in [5.41, 5.74) is 1.58. The minimum Gasteiger partial charge on any atom is -0.480 e. The number of unbranched alkanes of at least 4 members (excludes halogenated alkanes) is 1. The quantitative estimate of drug-likeness (QED) is 0.569. The molecule has 0 radical (unpaired) electrons. The number of carboxylic acids is 1. The van der Waals surface area contributed by atoms with E-state index in [1.807, 2.05) is 13.0 Å². The van der Waals surface area contributed by atoms with Crippen LogP contribution >= 0.6 is 0 Å². The molecule has 0 aliphatic rings. The average molecular weight is 418 g/mol. The summed E-state index contributed by atoms with van der Waals surface area (Å²) in [6.07, 6.45) is 2.47. The smallest absolute Gasteiger partial charge is 0.336 e. The largest absolute Gasteiger partial charge is 0.480 e. The Hall–Kier alpha value is -2.83. The Kier molecular flexibility index (Phi) is 8.03. The summed E-state index contributed by atoms with van der Waals surface area (Å²) in [6.45, 7) is 9.06. The Morgan fingerprint density at radius 3 is 2.53 bits per heavy atom. The summed E-state index contributed by atoms with van der Waals surface area (Å²) < 4.78 is 11.2. The SMILES string of the molecule is CCCCc1cc(=O)oc2c(C)c(O[C@H](C)C(=O)N[C@@H](C(=O)O)[C@@H](C)CC)ccc12. The van der Waals surface area contributed by atoms with Gasteiger partial charge in [-0.15, -0.1) is 0 Å². The number of carbonyl (C=O) groups is 2. The first-order valence-corrected chi connectivity index (χ1v) is 10.5. The van der Waals surface area contributed by atoms with Gasteiger partial charge in [0.25, 0.3) is 5.91 Å². The van der Waals surface area contributed by atoms with E-state index in [1.165, 1.54) is 6.07 Å². The van der Waals surface area contributed by atoms with Gasteiger partial charge in [-0.25, -0.2) is 9.59 Å². The van der Waals surface area contributed by atoms with Gasteiger partial charge in [0, 0.05) is 17.0 Å². The summed E-state index contributed by atoms with van der Waals surface area (Å²) in [4.78, 5) is 36.0. The second-order valence-electron chi connectivity index (χ2n) is 7.73. The molecule has 164 valence electrons. The van der Waals surface area contributed by atoms with Gasteiger partial charge in [-0.2, -0.15) is 0 Å². The van der Waals surface area contributed by atoms with Crippen LogP contribution in [0.3, 0.4) is 0 Å². The number of rotatable bonds is 10. The fourth-order valence-electron chi connectivity index (χ4n) is 3.31. The molecular formula is C23H31NO6. The molecule has 2 rings (SSSR count). The Morgan fingerprint density at radius 1 is 1.23 bits per heavy atom. The van der Waals surface area contributed by atoms with Gasteiger partial charge in [-0.05, 0) is 50.3 Å². The van der Waals surface area contributed by atoms with Gasteiger partial charge in [-0.1, -0.05) is 33.6 Å². The van der Waals surface area contributed by atoms with Gasteiger partial charge in [0.15, 0.2) is 6.10 Å². The van der Waals surface area contributed by atoms with Gasteiger partial charge in [0.2, 0.25) is 0 Å². The molecule has 1 amide bonds. The molecule has 2 N–H and O–H groups in total. The second kappa shape index (κ2) is 10.3. The van der Waals surface area contributed by atoms with Crippen LogP contribution in [0, 0.1) is 12.8 Å². The fourth-order valence-corrected chi connectivity index (χ4v) is 3.31. The Morgan fingerprint density at radius 2 is 1.93 bits per heavy atom. The molecule has 1 aromatic carbocycles. The van der Waals surface area contributed by atoms with Crippen molar-refractivity contribution in [3.63, 3.8) is 0 Å². The molecule has 0 aliphatic carbocycles. The first kappa shape index (κ1) is 23.4. The number of hydrogen-bond acceptors (Lipinski definition) is 5. The topological polar surface area (TPSA) is 106 Å². The fraction of sp³-hybridized carbons (Fsp3) is 0.522. The highest BCUT2D eigenvalue weighted by atomic mass is 16.5. The van der Waals surface area contributed by atoms with E-state index < -0.39 is 29.6 Å². The molecule has 1 heterocycles. The molecule has 0 bridgehead atoms. The lowest BCUT2D eigenvalue weighted by Gasteiger charge is -2.23. The number of aliphatic carboxylic acids is 1. The summed E-state index contributed by atoms with van der Waals surface area (Å²) in [7, 11) is 0. The zero-order valence-electron chi connectivity index (χ0n) is 18.3. The first-order valence-electron chi connectivity index (χ1n) is 10.5. The summed E-state index contributed by atoms with van der Waals surface area (Å²) in [5, 5.41) is 12.8. The molecule has 0 aliphatic heterocycles. The third-order valence-electron chi connectivity index (χ3n) is 5.45. The van der Waals surface area contributed by atoms with Crippen molar-refractivity contribution in [2.45, 2.75) is 72.4 Å². The van der Waals surface area contributed by atoms with Gasteiger partial charge in [-0.3, -0.25) is 4.79 Å². The van der Waals surface area contributed by atoms with Crippen LogP contribution in [0.2, 0.25) is 0 Å². The normalized spacial score (nSPS) is 14.2. The van der Waals surface area contributed by atoms with Crippen LogP contribution < -0.4 is 15.7 Å². The predicted octanol–water partition coefficient (Wildman–Crippen LogP) is 3.83. The van der Waals surface area contributed by atoms with Gasteiger partial charge < -0.3 is 19.6 Å². The van der Waals surface area contributed by atoms with Crippen LogP contribution in [0.4, 0.5) is 0 Å². The first-order chi connectivity index (χ1) is 14.2. The number of carboxylic acid groups (broad SMARTS) is 1. The Balaban J connectivity index is 2.26. The number of benzene rings is 1. The zero-order valence-corrected chi connectivity index (χ0v) is 18.3. The third-order valence-corrected chi connectivity index (χ3v) is 5.45. The van der Waals surface area contributed by atoms with Crippen LogP contribution in [-0.2, 0) is 16.0 Å². The lowest BCUT2D eigenvalue weighted by molar-refractivity contribution is -0.144. The van der Waals surface area contributed by atoms with E-state index in [4.69, 9.17) is 9.15 Å². The van der Waals surface area contributed by atoms with Gasteiger partial charge >= 0.3 is 11.6 Å². The van der Waals surface area contributed by atoms with Crippen molar-refractivity contribution >= 4 is 22.8 Å². The number of fused-ring (bicyclic) bond motifs is 1. The van der Waals surface area contributed by atoms with Gasteiger partial charge in [0.05, 0.1) is 0 Å². The molecule has 0 saturated carbocycles. The van der Waals surface area contributed by atoms with Crippen molar-refractivity contribution in [1.29, 1.82) is 0 Å². The average Bonchev–Trinajstić information content (AvgIpc) is 2.71. The van der Waals surface area contributed by atoms with Crippen molar-refractivity contribution in [2.75, 3.05) is 0 Å². The van der Waals surface area contributed by atoms with E-state index in [9.17, 15) is 19.5 Å². The van der Waals surface area contributed by atoms with E-state index in [0.29, 0.717) is 23.3 Å². The number of aryl methyl sites for hydroxylation is 2. The molecule has 0 unspecified atom stereocenters. The van der Waals surface area contributed by atoms with Crippen molar-refractivity contribution in [3.8, 4) is 5.75 Å². The van der Waals surface area contributed by atoms with Gasteiger partial charge in [0.1, 0.15) is 17.4 Å². The van der Waals surface area contributed by atoms with Crippen molar-refractivity contribution < 1.29 is 23.8 Å². The molecule has 2 aromatic rings. The minimum absolute atomic E-state index is 0.211. The van der Waals surface area contributed by atoms with Crippen LogP contribution in [0.1, 0.15) is 58.1 Å². The summed E-state index contributed by atoms with van der Waals surface area (Å²) >= 11 is 0. The molecule has 1 aromatic heterocycles. The van der Waals surface area contributed by atoms with Crippen molar-refractivity contribution in [3.05, 3.63) is 39.7 Å². The molecule has 7 heteroatoms. The van der Waals surface area contributed by atoms with Crippen LogP contribution in [0.5, 0.6) is 5.75 Å². The van der Waals surface area contributed by atoms with Crippen molar-refractivity contribution in [1.82, 2.24) is 5.32 Å².